The van der Waals surface area contributed by atoms with Gasteiger partial charge in [-0.15, -0.1) is 0 Å². The number of halogens is 3. The molecule has 0 spiro atoms. The summed E-state index contributed by atoms with van der Waals surface area (Å²) in [7, 11) is 1.95. The predicted octanol–water partition coefficient (Wildman–Crippen LogP) is 5.11. The number of benzene rings is 2. The highest BCUT2D eigenvalue weighted by Crippen LogP contribution is 2.39. The van der Waals surface area contributed by atoms with Crippen molar-refractivity contribution >= 4 is 43.5 Å². The number of hydrogen-bond donors (Lipinski definition) is 1. The lowest BCUT2D eigenvalue weighted by Gasteiger charge is -2.21. The number of rotatable bonds is 3. The van der Waals surface area contributed by atoms with E-state index in [2.05, 4.69) is 49.3 Å². The van der Waals surface area contributed by atoms with E-state index in [1.165, 1.54) is 5.56 Å². The summed E-state index contributed by atoms with van der Waals surface area (Å²) in [5.41, 5.74) is 3.55. The van der Waals surface area contributed by atoms with Crippen molar-refractivity contribution in [3.05, 3.63) is 61.0 Å². The standard InChI is InChI=1S/C16H14Br2ClNO/c1-20-15(9-2-3-14(19)13(18)7-9)12-8-11(17)6-10-4-5-21-16(10)12/h2-3,6-8,15,20H,4-5H2,1H3. The van der Waals surface area contributed by atoms with Crippen LogP contribution in [0.15, 0.2) is 39.3 Å². The van der Waals surface area contributed by atoms with Gasteiger partial charge in [0.25, 0.3) is 0 Å². The second-order valence-electron chi connectivity index (χ2n) is 4.98. The molecule has 2 aromatic rings. The van der Waals surface area contributed by atoms with E-state index in [9.17, 15) is 0 Å². The highest BCUT2D eigenvalue weighted by Gasteiger charge is 2.24. The Labute approximate surface area is 146 Å². The Morgan fingerprint density at radius 3 is 2.76 bits per heavy atom. The Bertz CT molecular complexity index is 690. The molecule has 0 saturated carbocycles. The van der Waals surface area contributed by atoms with Gasteiger partial charge in [0, 0.05) is 20.9 Å². The summed E-state index contributed by atoms with van der Waals surface area (Å²) in [6.45, 7) is 0.750. The van der Waals surface area contributed by atoms with Crippen LogP contribution < -0.4 is 10.1 Å². The zero-order chi connectivity index (χ0) is 15.0. The molecule has 0 fully saturated rings. The lowest BCUT2D eigenvalue weighted by Crippen LogP contribution is -2.18. The van der Waals surface area contributed by atoms with E-state index >= 15 is 0 Å². The van der Waals surface area contributed by atoms with Gasteiger partial charge in [-0.1, -0.05) is 33.6 Å². The van der Waals surface area contributed by atoms with Crippen LogP contribution in [-0.4, -0.2) is 13.7 Å². The van der Waals surface area contributed by atoms with E-state index in [0.717, 1.165) is 38.8 Å². The molecule has 1 aliphatic heterocycles. The van der Waals surface area contributed by atoms with Crippen molar-refractivity contribution in [2.24, 2.45) is 0 Å². The monoisotopic (exact) mass is 429 g/mol. The fourth-order valence-corrected chi connectivity index (χ4v) is 3.74. The van der Waals surface area contributed by atoms with E-state index in [1.54, 1.807) is 0 Å². The molecule has 0 saturated heterocycles. The molecule has 21 heavy (non-hydrogen) atoms. The highest BCUT2D eigenvalue weighted by atomic mass is 79.9. The van der Waals surface area contributed by atoms with Gasteiger partial charge in [0.05, 0.1) is 17.7 Å². The first-order valence-electron chi connectivity index (χ1n) is 6.67. The van der Waals surface area contributed by atoms with Crippen LogP contribution in [-0.2, 0) is 6.42 Å². The maximum Gasteiger partial charge on any atom is 0.127 e. The first-order chi connectivity index (χ1) is 10.1. The van der Waals surface area contributed by atoms with Gasteiger partial charge in [0.2, 0.25) is 0 Å². The molecule has 0 radical (unpaired) electrons. The summed E-state index contributed by atoms with van der Waals surface area (Å²) in [5.74, 6) is 1.00. The Morgan fingerprint density at radius 2 is 2.05 bits per heavy atom. The average Bonchev–Trinajstić information content (AvgIpc) is 2.91. The SMILES string of the molecule is CNC(c1ccc(Cl)c(Br)c1)c1cc(Br)cc2c1OCC2. The third-order valence-electron chi connectivity index (χ3n) is 3.65. The molecule has 0 bridgehead atoms. The van der Waals surface area contributed by atoms with E-state index in [0.29, 0.717) is 5.02 Å². The Balaban J connectivity index is 2.10. The molecular formula is C16H14Br2ClNO. The lowest BCUT2D eigenvalue weighted by molar-refractivity contribution is 0.351. The normalized spacial score (nSPS) is 14.7. The van der Waals surface area contributed by atoms with Gasteiger partial charge < -0.3 is 10.1 Å². The second-order valence-corrected chi connectivity index (χ2v) is 7.15. The zero-order valence-corrected chi connectivity index (χ0v) is 15.3. The van der Waals surface area contributed by atoms with E-state index in [1.807, 2.05) is 25.2 Å². The number of hydrogen-bond acceptors (Lipinski definition) is 2. The van der Waals surface area contributed by atoms with Crippen molar-refractivity contribution in [2.45, 2.75) is 12.5 Å². The van der Waals surface area contributed by atoms with Gasteiger partial charge >= 0.3 is 0 Å². The average molecular weight is 432 g/mol. The predicted molar refractivity (Wildman–Crippen MR) is 93.4 cm³/mol. The minimum absolute atomic E-state index is 0.0583. The Hall–Kier alpha value is -0.550. The molecule has 2 nitrogen and oxygen atoms in total. The maximum atomic E-state index is 6.09. The lowest BCUT2D eigenvalue weighted by atomic mass is 9.96. The summed E-state index contributed by atoms with van der Waals surface area (Å²) in [6, 6.07) is 10.3. The molecule has 1 N–H and O–H groups in total. The number of fused-ring (bicyclic) bond motifs is 1. The second kappa shape index (κ2) is 6.29. The van der Waals surface area contributed by atoms with Gasteiger partial charge in [-0.05, 0) is 58.4 Å². The third kappa shape index (κ3) is 3.00. The number of ether oxygens (including phenoxy) is 1. The molecule has 5 heteroatoms. The maximum absolute atomic E-state index is 6.09. The molecule has 3 rings (SSSR count). The van der Waals surface area contributed by atoms with Crippen LogP contribution in [0.4, 0.5) is 0 Å². The molecule has 110 valence electrons. The molecule has 0 amide bonds. The van der Waals surface area contributed by atoms with Crippen molar-refractivity contribution in [3.8, 4) is 5.75 Å². The van der Waals surface area contributed by atoms with Gasteiger partial charge in [-0.25, -0.2) is 0 Å². The Morgan fingerprint density at radius 1 is 1.24 bits per heavy atom. The van der Waals surface area contributed by atoms with Crippen molar-refractivity contribution in [1.82, 2.24) is 5.32 Å². The fraction of sp³-hybridized carbons (Fsp3) is 0.250. The molecule has 2 aromatic carbocycles. The minimum Gasteiger partial charge on any atom is -0.493 e. The van der Waals surface area contributed by atoms with Crippen LogP contribution in [0.5, 0.6) is 5.75 Å². The molecule has 1 unspecified atom stereocenters. The summed E-state index contributed by atoms with van der Waals surface area (Å²) >= 11 is 13.2. The topological polar surface area (TPSA) is 21.3 Å². The molecule has 0 aliphatic carbocycles. The summed E-state index contributed by atoms with van der Waals surface area (Å²) in [4.78, 5) is 0. The molecule has 1 heterocycles. The van der Waals surface area contributed by atoms with Gasteiger partial charge in [-0.3, -0.25) is 0 Å². The smallest absolute Gasteiger partial charge is 0.127 e. The van der Waals surface area contributed by atoms with E-state index in [4.69, 9.17) is 16.3 Å². The highest BCUT2D eigenvalue weighted by molar-refractivity contribution is 9.10. The molecule has 1 aliphatic rings. The largest absolute Gasteiger partial charge is 0.493 e. The van der Waals surface area contributed by atoms with Gasteiger partial charge in [-0.2, -0.15) is 0 Å². The van der Waals surface area contributed by atoms with Crippen molar-refractivity contribution < 1.29 is 4.74 Å². The zero-order valence-electron chi connectivity index (χ0n) is 11.4. The van der Waals surface area contributed by atoms with Gasteiger partial charge in [0.15, 0.2) is 0 Å². The van der Waals surface area contributed by atoms with Crippen LogP contribution in [0, 0.1) is 0 Å². The number of nitrogens with one attached hydrogen (secondary N) is 1. The van der Waals surface area contributed by atoms with Crippen LogP contribution in [0.1, 0.15) is 22.7 Å². The van der Waals surface area contributed by atoms with Crippen LogP contribution in [0.2, 0.25) is 5.02 Å². The quantitative estimate of drug-likeness (QED) is 0.729. The molecule has 1 atom stereocenters. The summed E-state index contributed by atoms with van der Waals surface area (Å²) in [6.07, 6.45) is 0.961. The first-order valence-corrected chi connectivity index (χ1v) is 8.64. The van der Waals surface area contributed by atoms with Gasteiger partial charge in [0.1, 0.15) is 5.75 Å². The Kier molecular flexibility index (Phi) is 4.60. The summed E-state index contributed by atoms with van der Waals surface area (Å²) < 4.78 is 7.82. The van der Waals surface area contributed by atoms with Crippen LogP contribution >= 0.6 is 43.5 Å². The van der Waals surface area contributed by atoms with Crippen molar-refractivity contribution in [1.29, 1.82) is 0 Å². The third-order valence-corrected chi connectivity index (χ3v) is 5.33. The van der Waals surface area contributed by atoms with Crippen molar-refractivity contribution in [3.63, 3.8) is 0 Å². The van der Waals surface area contributed by atoms with Crippen molar-refractivity contribution in [2.75, 3.05) is 13.7 Å². The summed E-state index contributed by atoms with van der Waals surface area (Å²) in [5, 5.41) is 4.09. The first kappa shape index (κ1) is 15.3. The van der Waals surface area contributed by atoms with Crippen LogP contribution in [0.25, 0.3) is 0 Å². The molecule has 0 aromatic heterocycles. The van der Waals surface area contributed by atoms with E-state index < -0.39 is 0 Å². The fourth-order valence-electron chi connectivity index (χ4n) is 2.71. The minimum atomic E-state index is 0.0583. The van der Waals surface area contributed by atoms with Crippen LogP contribution in [0.3, 0.4) is 0 Å². The van der Waals surface area contributed by atoms with E-state index in [-0.39, 0.29) is 6.04 Å². The molecular weight excluding hydrogens is 417 g/mol.